The van der Waals surface area contributed by atoms with Crippen molar-refractivity contribution in [3.8, 4) is 0 Å². The molecule has 0 unspecified atom stereocenters. The molecule has 3 rings (SSSR count). The van der Waals surface area contributed by atoms with E-state index in [-0.39, 0.29) is 5.82 Å². The molecule has 2 nitrogen and oxygen atoms in total. The van der Waals surface area contributed by atoms with Gasteiger partial charge in [-0.3, -0.25) is 0 Å². The van der Waals surface area contributed by atoms with Crippen LogP contribution in [0.5, 0.6) is 0 Å². The summed E-state index contributed by atoms with van der Waals surface area (Å²) < 4.78 is 32.0. The summed E-state index contributed by atoms with van der Waals surface area (Å²) in [4.78, 5) is 0. The van der Waals surface area contributed by atoms with Gasteiger partial charge < -0.3 is 0 Å². The molecule has 0 N–H and O–H groups in total. The minimum absolute atomic E-state index is 0.290. The molecule has 0 saturated heterocycles. The Morgan fingerprint density at radius 2 is 1.74 bits per heavy atom. The fourth-order valence-corrected chi connectivity index (χ4v) is 3.55. The lowest BCUT2D eigenvalue weighted by atomic mass is 9.87. The normalized spacial score (nSPS) is 12.3. The molecule has 0 aliphatic carbocycles. The molecule has 0 aliphatic heterocycles. The third kappa shape index (κ3) is 2.28. The molecule has 0 aliphatic rings. The van der Waals surface area contributed by atoms with Crippen LogP contribution >= 0.6 is 0 Å². The summed E-state index contributed by atoms with van der Waals surface area (Å²) >= 11 is 0. The number of hydrogen-bond donors (Lipinski definition) is 0. The number of aryl methyl sites for hydroxylation is 3. The van der Waals surface area contributed by atoms with Gasteiger partial charge in [-0.25, -0.2) is 8.78 Å². The molecule has 0 amide bonds. The number of benzene rings is 2. The first-order valence-corrected chi connectivity index (χ1v) is 7.86. The first kappa shape index (κ1) is 15.8. The molecule has 4 heteroatoms. The third-order valence-electron chi connectivity index (χ3n) is 4.42. The molecule has 23 heavy (non-hydrogen) atoms. The van der Waals surface area contributed by atoms with E-state index in [1.807, 2.05) is 19.9 Å². The molecule has 1 heterocycles. The molecule has 0 saturated carbocycles. The highest BCUT2D eigenvalue weighted by Gasteiger charge is 2.31. The monoisotopic (exact) mass is 315 g/mol. The number of halogens is 2. The van der Waals surface area contributed by atoms with Gasteiger partial charge in [-0.1, -0.05) is 35.9 Å². The molecule has 2 aromatic carbocycles. The van der Waals surface area contributed by atoms with Crippen LogP contribution < -0.4 is 4.68 Å². The second-order valence-corrected chi connectivity index (χ2v) is 6.47. The Balaban J connectivity index is 2.74. The fourth-order valence-electron chi connectivity index (χ4n) is 3.55. The molecule has 1 aromatic heterocycles. The van der Waals surface area contributed by atoms with Gasteiger partial charge in [-0.15, -0.1) is 0 Å². The highest BCUT2D eigenvalue weighted by atomic mass is 19.1. The smallest absolute Gasteiger partial charge is 0.218 e. The summed E-state index contributed by atoms with van der Waals surface area (Å²) in [5.74, 6) is -0.290. The molecule has 0 spiro atoms. The lowest BCUT2D eigenvalue weighted by molar-refractivity contribution is -0.736. The highest BCUT2D eigenvalue weighted by molar-refractivity contribution is 6.05. The average Bonchev–Trinajstić information content (AvgIpc) is 2.47. The van der Waals surface area contributed by atoms with Crippen molar-refractivity contribution in [1.29, 1.82) is 0 Å². The lowest BCUT2D eigenvalue weighted by Gasteiger charge is -2.22. The Bertz CT molecular complexity index is 924. The van der Waals surface area contributed by atoms with Crippen LogP contribution in [0, 0.1) is 12.7 Å². The minimum atomic E-state index is -1.59. The van der Waals surface area contributed by atoms with E-state index in [2.05, 4.69) is 5.10 Å². The standard InChI is InChI=1S/C19H21F2N2/c1-6-14-16-15(11(2)22-23(14)5)17(19(3,4)21)12-9-7-8-10-13(12)18(16)20/h7-10H,6H2,1-5H3/q+1. The van der Waals surface area contributed by atoms with Crippen LogP contribution in [0.1, 0.15) is 37.7 Å². The van der Waals surface area contributed by atoms with E-state index in [4.69, 9.17) is 0 Å². The summed E-state index contributed by atoms with van der Waals surface area (Å²) in [6, 6.07) is 7.10. The largest absolute Gasteiger partial charge is 0.239 e. The zero-order valence-electron chi connectivity index (χ0n) is 14.2. The summed E-state index contributed by atoms with van der Waals surface area (Å²) in [5, 5.41) is 6.64. The predicted molar refractivity (Wildman–Crippen MR) is 88.6 cm³/mol. The molecule has 3 aromatic rings. The SMILES string of the molecule is CCc1c2c(F)c3ccccc3c(C(C)(C)F)c2c(C)n[n+]1C. The van der Waals surface area contributed by atoms with E-state index < -0.39 is 5.67 Å². The van der Waals surface area contributed by atoms with Gasteiger partial charge in [0.15, 0.2) is 7.05 Å². The number of nitrogens with zero attached hydrogens (tertiary/aromatic N) is 2. The van der Waals surface area contributed by atoms with E-state index in [1.165, 1.54) is 13.8 Å². The molecular formula is C19H21F2N2+. The average molecular weight is 315 g/mol. The zero-order chi connectivity index (χ0) is 16.9. The Labute approximate surface area is 134 Å². The van der Waals surface area contributed by atoms with Gasteiger partial charge in [0.1, 0.15) is 17.2 Å². The summed E-state index contributed by atoms with van der Waals surface area (Å²) in [6.07, 6.45) is 0.627. The van der Waals surface area contributed by atoms with Crippen LogP contribution in [0.25, 0.3) is 21.5 Å². The third-order valence-corrected chi connectivity index (χ3v) is 4.42. The van der Waals surface area contributed by atoms with Crippen molar-refractivity contribution in [3.05, 3.63) is 47.0 Å². The molecule has 0 atom stereocenters. The van der Waals surface area contributed by atoms with Gasteiger partial charge in [-0.2, -0.15) is 0 Å². The van der Waals surface area contributed by atoms with Crippen molar-refractivity contribution in [3.63, 3.8) is 0 Å². The highest BCUT2D eigenvalue weighted by Crippen LogP contribution is 2.41. The second-order valence-electron chi connectivity index (χ2n) is 6.47. The van der Waals surface area contributed by atoms with Crippen LogP contribution in [-0.2, 0) is 19.1 Å². The number of alkyl halides is 1. The van der Waals surface area contributed by atoms with Crippen LogP contribution in [-0.4, -0.2) is 5.10 Å². The van der Waals surface area contributed by atoms with Crippen molar-refractivity contribution in [1.82, 2.24) is 5.10 Å². The maximum absolute atomic E-state index is 15.3. The molecule has 120 valence electrons. The molecule has 0 bridgehead atoms. The van der Waals surface area contributed by atoms with E-state index >= 15 is 8.78 Å². The second kappa shape index (κ2) is 5.22. The van der Waals surface area contributed by atoms with Crippen LogP contribution in [0.4, 0.5) is 8.78 Å². The van der Waals surface area contributed by atoms with Crippen LogP contribution in [0.15, 0.2) is 24.3 Å². The van der Waals surface area contributed by atoms with Gasteiger partial charge in [0, 0.05) is 22.8 Å². The Morgan fingerprint density at radius 1 is 1.13 bits per heavy atom. The van der Waals surface area contributed by atoms with Gasteiger partial charge in [0.05, 0.1) is 5.39 Å². The zero-order valence-corrected chi connectivity index (χ0v) is 14.2. The first-order chi connectivity index (χ1) is 10.8. The van der Waals surface area contributed by atoms with Crippen LogP contribution in [0.3, 0.4) is 0 Å². The van der Waals surface area contributed by atoms with E-state index in [0.717, 1.165) is 5.69 Å². The Hall–Kier alpha value is -2.10. The van der Waals surface area contributed by atoms with Gasteiger partial charge >= 0.3 is 0 Å². The van der Waals surface area contributed by atoms with Crippen molar-refractivity contribution in [2.24, 2.45) is 7.05 Å². The minimum Gasteiger partial charge on any atom is -0.239 e. The number of fused-ring (bicyclic) bond motifs is 2. The maximum Gasteiger partial charge on any atom is 0.218 e. The van der Waals surface area contributed by atoms with Crippen molar-refractivity contribution < 1.29 is 13.5 Å². The van der Waals surface area contributed by atoms with Crippen molar-refractivity contribution >= 4 is 21.5 Å². The fraction of sp³-hybridized carbons (Fsp3) is 0.368. The summed E-state index contributed by atoms with van der Waals surface area (Å²) in [7, 11) is 1.81. The van der Waals surface area contributed by atoms with E-state index in [0.29, 0.717) is 39.2 Å². The molecular weight excluding hydrogens is 294 g/mol. The van der Waals surface area contributed by atoms with Crippen molar-refractivity contribution in [2.45, 2.75) is 39.8 Å². The van der Waals surface area contributed by atoms with Gasteiger partial charge in [-0.05, 0) is 31.3 Å². The van der Waals surface area contributed by atoms with E-state index in [9.17, 15) is 0 Å². The number of aromatic nitrogens is 2. The summed E-state index contributed by atoms with van der Waals surface area (Å²) in [5.41, 5.74) is 0.345. The molecule has 0 fully saturated rings. The number of rotatable bonds is 2. The maximum atomic E-state index is 15.3. The Morgan fingerprint density at radius 3 is 2.30 bits per heavy atom. The first-order valence-electron chi connectivity index (χ1n) is 7.86. The Kier molecular flexibility index (Phi) is 3.58. The topological polar surface area (TPSA) is 16.8 Å². The predicted octanol–water partition coefficient (Wildman–Crippen LogP) is 4.43. The van der Waals surface area contributed by atoms with Gasteiger partial charge in [0.25, 0.3) is 0 Å². The van der Waals surface area contributed by atoms with Gasteiger partial charge in [0.2, 0.25) is 5.69 Å². The quantitative estimate of drug-likeness (QED) is 0.505. The van der Waals surface area contributed by atoms with Crippen molar-refractivity contribution in [2.75, 3.05) is 0 Å². The molecule has 0 radical (unpaired) electrons. The summed E-state index contributed by atoms with van der Waals surface area (Å²) in [6.45, 7) is 6.81. The lowest BCUT2D eigenvalue weighted by Crippen LogP contribution is -2.39. The van der Waals surface area contributed by atoms with Crippen LogP contribution in [0.2, 0.25) is 0 Å². The van der Waals surface area contributed by atoms with E-state index in [1.54, 1.807) is 29.9 Å². The number of hydrogen-bond acceptors (Lipinski definition) is 1.